The lowest BCUT2D eigenvalue weighted by molar-refractivity contribution is -0.137. The first-order valence-electron chi connectivity index (χ1n) is 9.28. The molecule has 0 aliphatic carbocycles. The van der Waals surface area contributed by atoms with E-state index >= 15 is 0 Å². The first-order chi connectivity index (χ1) is 13.8. The number of halogens is 2. The minimum absolute atomic E-state index is 0.0163. The molecule has 0 bridgehead atoms. The van der Waals surface area contributed by atoms with Crippen molar-refractivity contribution in [2.45, 2.75) is 25.3 Å². The Morgan fingerprint density at radius 2 is 1.86 bits per heavy atom. The van der Waals surface area contributed by atoms with Gasteiger partial charge in [0.25, 0.3) is 0 Å². The van der Waals surface area contributed by atoms with Gasteiger partial charge < -0.3 is 20.6 Å². The smallest absolute Gasteiger partial charge is 0.303 e. The van der Waals surface area contributed by atoms with E-state index in [-0.39, 0.29) is 24.8 Å². The van der Waals surface area contributed by atoms with Crippen molar-refractivity contribution in [3.63, 3.8) is 0 Å². The number of pyridine rings is 1. The summed E-state index contributed by atoms with van der Waals surface area (Å²) >= 11 is 12.0. The normalized spacial score (nSPS) is 16.7. The number of carboxylic acid groups (broad SMARTS) is 1. The Morgan fingerprint density at radius 1 is 1.14 bits per heavy atom. The molecule has 29 heavy (non-hydrogen) atoms. The van der Waals surface area contributed by atoms with Crippen LogP contribution in [-0.2, 0) is 9.59 Å². The van der Waals surface area contributed by atoms with Crippen molar-refractivity contribution in [2.24, 2.45) is 0 Å². The third-order valence-electron chi connectivity index (χ3n) is 4.90. The molecule has 7 nitrogen and oxygen atoms in total. The first-order valence-corrected chi connectivity index (χ1v) is 10.0. The Morgan fingerprint density at radius 3 is 2.52 bits per heavy atom. The molecule has 1 saturated heterocycles. The van der Waals surface area contributed by atoms with Gasteiger partial charge in [0.15, 0.2) is 5.82 Å². The molecule has 2 heterocycles. The van der Waals surface area contributed by atoms with Crippen molar-refractivity contribution in [1.29, 1.82) is 0 Å². The second kappa shape index (κ2) is 9.33. The minimum Gasteiger partial charge on any atom is -0.481 e. The highest BCUT2D eigenvalue weighted by Gasteiger charge is 2.32. The SMILES string of the molecule is Nc1cc(Cl)cnc1N1CCN(C(=O)CCCC(=O)O)CC1c1ccc(Cl)cc1. The summed E-state index contributed by atoms with van der Waals surface area (Å²) in [5.74, 6) is -0.333. The van der Waals surface area contributed by atoms with Gasteiger partial charge in [0.1, 0.15) is 0 Å². The van der Waals surface area contributed by atoms with Crippen molar-refractivity contribution in [2.75, 3.05) is 30.3 Å². The Balaban J connectivity index is 1.83. The van der Waals surface area contributed by atoms with Crippen molar-refractivity contribution < 1.29 is 14.7 Å². The van der Waals surface area contributed by atoms with Gasteiger partial charge in [-0.3, -0.25) is 9.59 Å². The van der Waals surface area contributed by atoms with E-state index in [1.807, 2.05) is 12.1 Å². The van der Waals surface area contributed by atoms with Gasteiger partial charge in [-0.25, -0.2) is 4.98 Å². The van der Waals surface area contributed by atoms with Gasteiger partial charge in [0, 0.05) is 43.7 Å². The fraction of sp³-hybridized carbons (Fsp3) is 0.350. The molecule has 0 radical (unpaired) electrons. The monoisotopic (exact) mass is 436 g/mol. The molecule has 1 unspecified atom stereocenters. The zero-order chi connectivity index (χ0) is 21.0. The van der Waals surface area contributed by atoms with E-state index in [1.165, 1.54) is 0 Å². The van der Waals surface area contributed by atoms with Crippen LogP contribution in [-0.4, -0.2) is 46.5 Å². The number of piperazine rings is 1. The number of aromatic nitrogens is 1. The van der Waals surface area contributed by atoms with Crippen LogP contribution in [0.4, 0.5) is 11.5 Å². The van der Waals surface area contributed by atoms with E-state index in [0.29, 0.717) is 47.6 Å². The quantitative estimate of drug-likeness (QED) is 0.716. The average Bonchev–Trinajstić information content (AvgIpc) is 2.68. The molecule has 9 heteroatoms. The van der Waals surface area contributed by atoms with E-state index in [1.54, 1.807) is 29.3 Å². The van der Waals surface area contributed by atoms with Crippen molar-refractivity contribution in [3.8, 4) is 0 Å². The largest absolute Gasteiger partial charge is 0.481 e. The Hall–Kier alpha value is -2.51. The van der Waals surface area contributed by atoms with Gasteiger partial charge in [-0.15, -0.1) is 0 Å². The summed E-state index contributed by atoms with van der Waals surface area (Å²) in [6, 6.07) is 8.95. The maximum atomic E-state index is 12.6. The standard InChI is InChI=1S/C20H22Cl2N4O3/c21-14-6-4-13(5-7-14)17-12-25(18(27)2-1-3-19(28)29)8-9-26(17)20-16(23)10-15(22)11-24-20/h4-7,10-11,17H,1-3,8-9,12,23H2,(H,28,29). The fourth-order valence-electron chi connectivity index (χ4n) is 3.47. The van der Waals surface area contributed by atoms with Gasteiger partial charge in [0.05, 0.1) is 16.8 Å². The molecule has 2 aromatic rings. The number of nitrogens with two attached hydrogens (primary N) is 1. The lowest BCUT2D eigenvalue weighted by atomic mass is 10.0. The number of carbonyl (C=O) groups excluding carboxylic acids is 1. The maximum absolute atomic E-state index is 12.6. The topological polar surface area (TPSA) is 99.8 Å². The van der Waals surface area contributed by atoms with E-state index in [9.17, 15) is 9.59 Å². The number of nitrogens with zero attached hydrogens (tertiary/aromatic N) is 3. The molecular weight excluding hydrogens is 415 g/mol. The molecule has 1 fully saturated rings. The highest BCUT2D eigenvalue weighted by Crippen LogP contribution is 2.34. The van der Waals surface area contributed by atoms with Gasteiger partial charge in [0.2, 0.25) is 5.91 Å². The predicted octanol–water partition coefficient (Wildman–Crippen LogP) is 3.62. The second-order valence-electron chi connectivity index (χ2n) is 6.91. The average molecular weight is 437 g/mol. The van der Waals surface area contributed by atoms with Crippen LogP contribution in [0.1, 0.15) is 30.9 Å². The van der Waals surface area contributed by atoms with Crippen LogP contribution in [0.5, 0.6) is 0 Å². The zero-order valence-electron chi connectivity index (χ0n) is 15.7. The van der Waals surface area contributed by atoms with Gasteiger partial charge >= 0.3 is 5.97 Å². The lowest BCUT2D eigenvalue weighted by Crippen LogP contribution is -2.51. The van der Waals surface area contributed by atoms with Crippen LogP contribution in [0.25, 0.3) is 0 Å². The van der Waals surface area contributed by atoms with Crippen LogP contribution >= 0.6 is 23.2 Å². The van der Waals surface area contributed by atoms with Crippen molar-refractivity contribution >= 4 is 46.6 Å². The number of amides is 1. The van der Waals surface area contributed by atoms with Gasteiger partial charge in [-0.1, -0.05) is 35.3 Å². The molecule has 0 spiro atoms. The Kier molecular flexibility index (Phi) is 6.82. The molecule has 0 saturated carbocycles. The van der Waals surface area contributed by atoms with Crippen LogP contribution < -0.4 is 10.6 Å². The number of rotatable bonds is 6. The number of hydrogen-bond donors (Lipinski definition) is 2. The molecule has 1 aromatic heterocycles. The van der Waals surface area contributed by atoms with E-state index in [4.69, 9.17) is 34.0 Å². The summed E-state index contributed by atoms with van der Waals surface area (Å²) in [5, 5.41) is 9.87. The summed E-state index contributed by atoms with van der Waals surface area (Å²) in [5.41, 5.74) is 7.61. The summed E-state index contributed by atoms with van der Waals surface area (Å²) in [7, 11) is 0. The molecule has 1 aromatic carbocycles. The molecule has 1 atom stereocenters. The summed E-state index contributed by atoms with van der Waals surface area (Å²) < 4.78 is 0. The van der Waals surface area contributed by atoms with E-state index < -0.39 is 5.97 Å². The van der Waals surface area contributed by atoms with Crippen molar-refractivity contribution in [1.82, 2.24) is 9.88 Å². The number of benzene rings is 1. The highest BCUT2D eigenvalue weighted by atomic mass is 35.5. The predicted molar refractivity (Wildman–Crippen MR) is 113 cm³/mol. The molecule has 1 amide bonds. The van der Waals surface area contributed by atoms with E-state index in [2.05, 4.69) is 9.88 Å². The molecule has 1 aliphatic heterocycles. The lowest BCUT2D eigenvalue weighted by Gasteiger charge is -2.42. The molecule has 1 aliphatic rings. The first kappa shape index (κ1) is 21.2. The van der Waals surface area contributed by atoms with Crippen LogP contribution in [0, 0.1) is 0 Å². The summed E-state index contributed by atoms with van der Waals surface area (Å²) in [6.07, 6.45) is 2.07. The number of hydrogen-bond acceptors (Lipinski definition) is 5. The Bertz CT molecular complexity index is 892. The number of carboxylic acids is 1. The molecule has 3 rings (SSSR count). The van der Waals surface area contributed by atoms with Crippen molar-refractivity contribution in [3.05, 3.63) is 52.1 Å². The van der Waals surface area contributed by atoms with Gasteiger partial charge in [-0.05, 0) is 30.2 Å². The summed E-state index contributed by atoms with van der Waals surface area (Å²) in [4.78, 5) is 31.5. The maximum Gasteiger partial charge on any atom is 0.303 e. The second-order valence-corrected chi connectivity index (χ2v) is 7.79. The number of anilines is 2. The number of aliphatic carboxylic acids is 1. The number of nitrogen functional groups attached to an aromatic ring is 1. The highest BCUT2D eigenvalue weighted by molar-refractivity contribution is 6.31. The van der Waals surface area contributed by atoms with Crippen LogP contribution in [0.2, 0.25) is 10.0 Å². The van der Waals surface area contributed by atoms with Gasteiger partial charge in [-0.2, -0.15) is 0 Å². The number of carbonyl (C=O) groups is 2. The zero-order valence-corrected chi connectivity index (χ0v) is 17.2. The molecular formula is C20H22Cl2N4O3. The fourth-order valence-corrected chi connectivity index (χ4v) is 3.76. The minimum atomic E-state index is -0.897. The van der Waals surface area contributed by atoms with Crippen LogP contribution in [0.15, 0.2) is 36.5 Å². The Labute approximate surface area is 179 Å². The van der Waals surface area contributed by atoms with E-state index in [0.717, 1.165) is 5.56 Å². The third-order valence-corrected chi connectivity index (χ3v) is 5.36. The van der Waals surface area contributed by atoms with Crippen LogP contribution in [0.3, 0.4) is 0 Å². The summed E-state index contributed by atoms with van der Waals surface area (Å²) in [6.45, 7) is 1.48. The molecule has 3 N–H and O–H groups in total. The third kappa shape index (κ3) is 5.31. The molecule has 154 valence electrons.